The fraction of sp³-hybridized carbons (Fsp3) is 0.556. The van der Waals surface area contributed by atoms with E-state index in [2.05, 4.69) is 10.6 Å². The summed E-state index contributed by atoms with van der Waals surface area (Å²) < 4.78 is 0. The van der Waals surface area contributed by atoms with Crippen LogP contribution in [-0.4, -0.2) is 17.9 Å². The van der Waals surface area contributed by atoms with E-state index in [9.17, 15) is 9.59 Å². The lowest BCUT2D eigenvalue weighted by molar-refractivity contribution is -0.116. The maximum atomic E-state index is 12.0. The van der Waals surface area contributed by atoms with Crippen molar-refractivity contribution in [2.75, 3.05) is 5.32 Å². The molecule has 0 spiro atoms. The third-order valence-electron chi connectivity index (χ3n) is 4.60. The highest BCUT2D eigenvalue weighted by atomic mass is 16.2. The second kappa shape index (κ2) is 6.95. The molecule has 2 N–H and O–H groups in total. The van der Waals surface area contributed by atoms with Crippen molar-refractivity contribution in [1.29, 1.82) is 0 Å². The van der Waals surface area contributed by atoms with Gasteiger partial charge in [0.25, 0.3) is 5.91 Å². The van der Waals surface area contributed by atoms with Gasteiger partial charge in [-0.25, -0.2) is 0 Å². The zero-order chi connectivity index (χ0) is 15.4. The molecule has 2 aliphatic carbocycles. The number of rotatable bonds is 6. The van der Waals surface area contributed by atoms with E-state index in [4.69, 9.17) is 0 Å². The summed E-state index contributed by atoms with van der Waals surface area (Å²) >= 11 is 0. The minimum absolute atomic E-state index is 0.0263. The number of benzene rings is 1. The van der Waals surface area contributed by atoms with Gasteiger partial charge in [-0.2, -0.15) is 0 Å². The van der Waals surface area contributed by atoms with Crippen molar-refractivity contribution in [3.8, 4) is 0 Å². The van der Waals surface area contributed by atoms with Gasteiger partial charge in [0, 0.05) is 23.7 Å². The van der Waals surface area contributed by atoms with Gasteiger partial charge in [0.2, 0.25) is 5.91 Å². The molecule has 0 saturated heterocycles. The van der Waals surface area contributed by atoms with Gasteiger partial charge >= 0.3 is 0 Å². The zero-order valence-electron chi connectivity index (χ0n) is 12.9. The summed E-state index contributed by atoms with van der Waals surface area (Å²) in [5.74, 6) is 0.780. The Hall–Kier alpha value is -1.84. The van der Waals surface area contributed by atoms with E-state index in [1.807, 2.05) is 0 Å². The monoisotopic (exact) mass is 300 g/mol. The lowest BCUT2D eigenvalue weighted by atomic mass is 10.0. The van der Waals surface area contributed by atoms with Crippen LogP contribution in [0, 0.1) is 5.92 Å². The smallest absolute Gasteiger partial charge is 0.251 e. The second-order valence-corrected chi connectivity index (χ2v) is 6.56. The van der Waals surface area contributed by atoms with Gasteiger partial charge in [-0.05, 0) is 49.4 Å². The molecule has 0 aromatic heterocycles. The molecule has 4 heteroatoms. The second-order valence-electron chi connectivity index (χ2n) is 6.56. The number of anilines is 1. The standard InChI is InChI=1S/C18H24N2O2/c21-17(12-5-13-3-1-2-4-13)19-15-8-6-14(7-9-15)18(22)20-16-10-11-16/h6-9,13,16H,1-5,10-12H2,(H,19,21)(H,20,22). The highest BCUT2D eigenvalue weighted by Gasteiger charge is 2.23. The van der Waals surface area contributed by atoms with Crippen molar-refractivity contribution in [3.05, 3.63) is 29.8 Å². The summed E-state index contributed by atoms with van der Waals surface area (Å²) in [5, 5.41) is 5.87. The third kappa shape index (κ3) is 4.33. The maximum Gasteiger partial charge on any atom is 0.251 e. The van der Waals surface area contributed by atoms with Crippen molar-refractivity contribution < 1.29 is 9.59 Å². The normalized spacial score (nSPS) is 18.2. The van der Waals surface area contributed by atoms with E-state index >= 15 is 0 Å². The van der Waals surface area contributed by atoms with Crippen molar-refractivity contribution in [1.82, 2.24) is 5.32 Å². The van der Waals surface area contributed by atoms with Crippen molar-refractivity contribution in [2.24, 2.45) is 5.92 Å². The van der Waals surface area contributed by atoms with Crippen LogP contribution < -0.4 is 10.6 Å². The number of carbonyl (C=O) groups excluding carboxylic acids is 2. The van der Waals surface area contributed by atoms with Crippen LogP contribution in [0.15, 0.2) is 24.3 Å². The van der Waals surface area contributed by atoms with Crippen LogP contribution in [0.25, 0.3) is 0 Å². The highest BCUT2D eigenvalue weighted by Crippen LogP contribution is 2.28. The Kier molecular flexibility index (Phi) is 4.76. The summed E-state index contributed by atoms with van der Waals surface area (Å²) in [6, 6.07) is 7.50. The van der Waals surface area contributed by atoms with Crippen LogP contribution in [0.5, 0.6) is 0 Å². The SMILES string of the molecule is O=C(CCC1CCCC1)Nc1ccc(C(=O)NC2CC2)cc1. The molecule has 1 aromatic rings. The molecule has 0 atom stereocenters. The maximum absolute atomic E-state index is 12.0. The van der Waals surface area contributed by atoms with Crippen LogP contribution >= 0.6 is 0 Å². The molecule has 0 heterocycles. The average Bonchev–Trinajstić information content (AvgIpc) is 3.17. The Labute approximate surface area is 131 Å². The first-order valence-corrected chi connectivity index (χ1v) is 8.41. The summed E-state index contributed by atoms with van der Waals surface area (Å²) in [7, 11) is 0. The molecular formula is C18H24N2O2. The van der Waals surface area contributed by atoms with E-state index < -0.39 is 0 Å². The summed E-state index contributed by atoms with van der Waals surface area (Å²) in [6.07, 6.45) is 8.94. The van der Waals surface area contributed by atoms with Gasteiger partial charge < -0.3 is 10.6 Å². The minimum atomic E-state index is -0.0263. The van der Waals surface area contributed by atoms with Crippen molar-refractivity contribution in [2.45, 2.75) is 57.4 Å². The van der Waals surface area contributed by atoms with Crippen LogP contribution in [0.1, 0.15) is 61.7 Å². The third-order valence-corrected chi connectivity index (χ3v) is 4.60. The van der Waals surface area contributed by atoms with E-state index in [0.717, 1.165) is 30.9 Å². The molecule has 0 bridgehead atoms. The van der Waals surface area contributed by atoms with Crippen molar-refractivity contribution in [3.63, 3.8) is 0 Å². The fourth-order valence-electron chi connectivity index (χ4n) is 3.06. The molecule has 1 aromatic carbocycles. The molecule has 22 heavy (non-hydrogen) atoms. The molecule has 2 fully saturated rings. The quantitative estimate of drug-likeness (QED) is 0.845. The highest BCUT2D eigenvalue weighted by molar-refractivity contribution is 5.96. The number of nitrogens with one attached hydrogen (secondary N) is 2. The molecule has 2 saturated carbocycles. The summed E-state index contributed by atoms with van der Waals surface area (Å²) in [6.45, 7) is 0. The molecule has 0 aliphatic heterocycles. The minimum Gasteiger partial charge on any atom is -0.349 e. The largest absolute Gasteiger partial charge is 0.349 e. The first-order valence-electron chi connectivity index (χ1n) is 8.41. The van der Waals surface area contributed by atoms with Crippen molar-refractivity contribution >= 4 is 17.5 Å². The van der Waals surface area contributed by atoms with Gasteiger partial charge in [-0.3, -0.25) is 9.59 Å². The molecule has 4 nitrogen and oxygen atoms in total. The Morgan fingerprint density at radius 1 is 1.00 bits per heavy atom. The Balaban J connectivity index is 1.45. The van der Waals surface area contributed by atoms with Gasteiger partial charge in [0.05, 0.1) is 0 Å². The van der Waals surface area contributed by atoms with Gasteiger partial charge in [0.15, 0.2) is 0 Å². The van der Waals surface area contributed by atoms with Crippen LogP contribution in [0.4, 0.5) is 5.69 Å². The number of hydrogen-bond donors (Lipinski definition) is 2. The lowest BCUT2D eigenvalue weighted by Gasteiger charge is -2.09. The predicted octanol–water partition coefficient (Wildman–Crippen LogP) is 3.49. The van der Waals surface area contributed by atoms with E-state index in [-0.39, 0.29) is 11.8 Å². The van der Waals surface area contributed by atoms with Crippen LogP contribution in [0.3, 0.4) is 0 Å². The Bertz CT molecular complexity index is 529. The van der Waals surface area contributed by atoms with E-state index in [1.165, 1.54) is 25.7 Å². The summed E-state index contributed by atoms with van der Waals surface area (Å²) in [4.78, 5) is 23.8. The first kappa shape index (κ1) is 15.1. The number of hydrogen-bond acceptors (Lipinski definition) is 2. The van der Waals surface area contributed by atoms with Gasteiger partial charge in [-0.15, -0.1) is 0 Å². The zero-order valence-corrected chi connectivity index (χ0v) is 12.9. The van der Waals surface area contributed by atoms with E-state index in [1.54, 1.807) is 24.3 Å². The van der Waals surface area contributed by atoms with Crippen LogP contribution in [0.2, 0.25) is 0 Å². The molecule has 2 aliphatic rings. The van der Waals surface area contributed by atoms with Gasteiger partial charge in [0.1, 0.15) is 0 Å². The first-order chi connectivity index (χ1) is 10.7. The molecule has 0 radical (unpaired) electrons. The number of carbonyl (C=O) groups is 2. The van der Waals surface area contributed by atoms with E-state index in [0.29, 0.717) is 18.0 Å². The Morgan fingerprint density at radius 3 is 2.32 bits per heavy atom. The predicted molar refractivity (Wildman–Crippen MR) is 86.8 cm³/mol. The molecule has 3 rings (SSSR count). The molecule has 118 valence electrons. The average molecular weight is 300 g/mol. The molecule has 0 unspecified atom stereocenters. The Morgan fingerprint density at radius 2 is 1.68 bits per heavy atom. The topological polar surface area (TPSA) is 58.2 Å². The number of amides is 2. The lowest BCUT2D eigenvalue weighted by Crippen LogP contribution is -2.25. The molecular weight excluding hydrogens is 276 g/mol. The van der Waals surface area contributed by atoms with Crippen LogP contribution in [-0.2, 0) is 4.79 Å². The summed E-state index contributed by atoms with van der Waals surface area (Å²) in [5.41, 5.74) is 1.41. The fourth-order valence-corrected chi connectivity index (χ4v) is 3.06. The van der Waals surface area contributed by atoms with Gasteiger partial charge in [-0.1, -0.05) is 25.7 Å². The molecule has 2 amide bonds.